The van der Waals surface area contributed by atoms with Crippen LogP contribution in [0.1, 0.15) is 30.4 Å². The van der Waals surface area contributed by atoms with E-state index in [1.807, 2.05) is 95.8 Å². The van der Waals surface area contributed by atoms with Crippen LogP contribution >= 0.6 is 23.4 Å². The summed E-state index contributed by atoms with van der Waals surface area (Å²) in [6.45, 7) is 2.29. The fraction of sp³-hybridized carbons (Fsp3) is 0.194. The molecule has 39 heavy (non-hydrogen) atoms. The molecule has 2 aliphatic heterocycles. The monoisotopic (exact) mass is 554 g/mol. The van der Waals surface area contributed by atoms with E-state index in [0.29, 0.717) is 16.5 Å². The normalized spacial score (nSPS) is 16.5. The molecule has 0 spiro atoms. The maximum absolute atomic E-state index is 12.9. The van der Waals surface area contributed by atoms with E-state index >= 15 is 0 Å². The molecule has 2 aliphatic rings. The first-order valence-electron chi connectivity index (χ1n) is 13.0. The Hall–Kier alpha value is -3.81. The molecule has 3 heterocycles. The number of nitrogens with zero attached hydrogens (tertiary/aromatic N) is 4. The highest BCUT2D eigenvalue weighted by Crippen LogP contribution is 2.34. The average molecular weight is 555 g/mol. The zero-order valence-corrected chi connectivity index (χ0v) is 22.9. The number of amidine groups is 1. The van der Waals surface area contributed by atoms with Gasteiger partial charge < -0.3 is 9.64 Å². The molecule has 4 aromatic rings. The number of halogens is 1. The Labute approximate surface area is 237 Å². The van der Waals surface area contributed by atoms with E-state index in [4.69, 9.17) is 21.4 Å². The van der Waals surface area contributed by atoms with Gasteiger partial charge in [-0.05, 0) is 79.6 Å². The quantitative estimate of drug-likeness (QED) is 0.235. The number of likely N-dealkylation sites (tertiary alicyclic amines) is 1. The van der Waals surface area contributed by atoms with Crippen LogP contribution in [0, 0.1) is 0 Å². The smallest absolute Gasteiger partial charge is 0.286 e. The molecular weight excluding hydrogens is 528 g/mol. The summed E-state index contributed by atoms with van der Waals surface area (Å²) in [7, 11) is 0. The largest absolute Gasteiger partial charge is 0.489 e. The molecule has 0 radical (unpaired) electrons. The second-order valence-electron chi connectivity index (χ2n) is 9.48. The Kier molecular flexibility index (Phi) is 7.52. The SMILES string of the molecule is O=C1N=C(N2CCCCC2)S/C1=C\c1cn(-c2ccccc2)nc1-c1ccc(OCc2ccccc2Cl)cc1. The summed E-state index contributed by atoms with van der Waals surface area (Å²) >= 11 is 7.72. The Morgan fingerprint density at radius 3 is 2.44 bits per heavy atom. The van der Waals surface area contributed by atoms with Crippen molar-refractivity contribution in [3.8, 4) is 22.7 Å². The highest BCUT2D eigenvalue weighted by atomic mass is 35.5. The first kappa shape index (κ1) is 25.5. The Morgan fingerprint density at radius 1 is 0.923 bits per heavy atom. The summed E-state index contributed by atoms with van der Waals surface area (Å²) in [5.41, 5.74) is 4.44. The molecule has 0 saturated carbocycles. The number of aromatic nitrogens is 2. The van der Waals surface area contributed by atoms with Crippen LogP contribution in [0.4, 0.5) is 0 Å². The Morgan fingerprint density at radius 2 is 1.67 bits per heavy atom. The maximum Gasteiger partial charge on any atom is 0.286 e. The van der Waals surface area contributed by atoms with Gasteiger partial charge in [-0.3, -0.25) is 4.79 Å². The van der Waals surface area contributed by atoms with Gasteiger partial charge in [0, 0.05) is 41.0 Å². The van der Waals surface area contributed by atoms with Gasteiger partial charge in [0.25, 0.3) is 5.91 Å². The van der Waals surface area contributed by atoms with E-state index in [1.165, 1.54) is 18.2 Å². The predicted octanol–water partition coefficient (Wildman–Crippen LogP) is 7.23. The van der Waals surface area contributed by atoms with Gasteiger partial charge in [0.15, 0.2) is 5.17 Å². The van der Waals surface area contributed by atoms with E-state index in [0.717, 1.165) is 64.9 Å². The number of ether oxygens (including phenoxy) is 1. The molecule has 1 amide bonds. The van der Waals surface area contributed by atoms with Crippen LogP contribution in [0.25, 0.3) is 23.0 Å². The van der Waals surface area contributed by atoms with Crippen LogP contribution in [0.3, 0.4) is 0 Å². The van der Waals surface area contributed by atoms with E-state index < -0.39 is 0 Å². The van der Waals surface area contributed by atoms with Gasteiger partial charge in [0.1, 0.15) is 12.4 Å². The van der Waals surface area contributed by atoms with Gasteiger partial charge in [-0.25, -0.2) is 4.68 Å². The van der Waals surface area contributed by atoms with Crippen molar-refractivity contribution in [2.45, 2.75) is 25.9 Å². The van der Waals surface area contributed by atoms with Crippen molar-refractivity contribution in [1.82, 2.24) is 14.7 Å². The molecular formula is C31H27ClN4O2S. The van der Waals surface area contributed by atoms with Crippen LogP contribution in [0.15, 0.2) is 95.0 Å². The summed E-state index contributed by atoms with van der Waals surface area (Å²) in [5.74, 6) is 0.546. The van der Waals surface area contributed by atoms with E-state index in [9.17, 15) is 4.79 Å². The number of thioether (sulfide) groups is 1. The molecule has 0 bridgehead atoms. The number of carbonyl (C=O) groups excluding carboxylic acids is 1. The minimum absolute atomic E-state index is 0.192. The minimum Gasteiger partial charge on any atom is -0.489 e. The van der Waals surface area contributed by atoms with Crippen LogP contribution in [-0.2, 0) is 11.4 Å². The molecule has 0 atom stereocenters. The molecule has 1 fully saturated rings. The predicted molar refractivity (Wildman–Crippen MR) is 158 cm³/mol. The average Bonchev–Trinajstić information content (AvgIpc) is 3.57. The number of benzene rings is 3. The second-order valence-corrected chi connectivity index (χ2v) is 10.9. The lowest BCUT2D eigenvalue weighted by molar-refractivity contribution is -0.113. The van der Waals surface area contributed by atoms with Crippen LogP contribution in [0.5, 0.6) is 5.75 Å². The molecule has 0 N–H and O–H groups in total. The Balaban J connectivity index is 1.27. The summed E-state index contributed by atoms with van der Waals surface area (Å²) in [5, 5.41) is 6.40. The highest BCUT2D eigenvalue weighted by molar-refractivity contribution is 8.18. The standard InChI is InChI=1S/C31H27ClN4O2S/c32-27-12-6-5-9-23(27)21-38-26-15-13-22(14-16-26)29-24(20-36(34-29)25-10-3-1-4-11-25)19-28-30(37)33-31(39-28)35-17-7-2-8-18-35/h1,3-6,9-16,19-20H,2,7-8,17-18,21H2/b28-19-. The number of aliphatic imine (C=N–C) groups is 1. The first-order chi connectivity index (χ1) is 19.1. The third-order valence-corrected chi connectivity index (χ3v) is 8.18. The number of amides is 1. The summed E-state index contributed by atoms with van der Waals surface area (Å²) in [6.07, 6.45) is 7.39. The van der Waals surface area contributed by atoms with Crippen molar-refractivity contribution in [2.24, 2.45) is 4.99 Å². The first-order valence-corrected chi connectivity index (χ1v) is 14.2. The number of hydrogen-bond acceptors (Lipinski definition) is 5. The molecule has 0 unspecified atom stereocenters. The number of para-hydroxylation sites is 1. The van der Waals surface area contributed by atoms with E-state index in [-0.39, 0.29) is 5.91 Å². The highest BCUT2D eigenvalue weighted by Gasteiger charge is 2.27. The van der Waals surface area contributed by atoms with Gasteiger partial charge in [-0.15, -0.1) is 0 Å². The molecule has 1 saturated heterocycles. The van der Waals surface area contributed by atoms with Crippen molar-refractivity contribution in [3.05, 3.63) is 106 Å². The third-order valence-electron chi connectivity index (χ3n) is 6.77. The fourth-order valence-corrected chi connectivity index (χ4v) is 5.82. The fourth-order valence-electron chi connectivity index (χ4n) is 4.68. The van der Waals surface area contributed by atoms with Gasteiger partial charge in [-0.1, -0.05) is 48.0 Å². The van der Waals surface area contributed by atoms with Crippen molar-refractivity contribution in [3.63, 3.8) is 0 Å². The zero-order valence-electron chi connectivity index (χ0n) is 21.3. The lowest BCUT2D eigenvalue weighted by Crippen LogP contribution is -2.33. The van der Waals surface area contributed by atoms with Gasteiger partial charge in [0.05, 0.1) is 16.3 Å². The van der Waals surface area contributed by atoms with Crippen LogP contribution < -0.4 is 4.74 Å². The summed E-state index contributed by atoms with van der Waals surface area (Å²) in [6, 6.07) is 25.4. The number of carbonyl (C=O) groups is 1. The molecule has 6 nitrogen and oxygen atoms in total. The molecule has 196 valence electrons. The molecule has 1 aromatic heterocycles. The number of piperidine rings is 1. The topological polar surface area (TPSA) is 59.7 Å². The molecule has 8 heteroatoms. The second kappa shape index (κ2) is 11.5. The maximum atomic E-state index is 12.9. The molecule has 3 aromatic carbocycles. The van der Waals surface area contributed by atoms with E-state index in [2.05, 4.69) is 9.89 Å². The third kappa shape index (κ3) is 5.79. The molecule has 6 rings (SSSR count). The van der Waals surface area contributed by atoms with Crippen LogP contribution in [0.2, 0.25) is 5.02 Å². The van der Waals surface area contributed by atoms with Crippen molar-refractivity contribution in [1.29, 1.82) is 0 Å². The van der Waals surface area contributed by atoms with Crippen LogP contribution in [-0.4, -0.2) is 38.8 Å². The molecule has 0 aliphatic carbocycles. The van der Waals surface area contributed by atoms with Crippen molar-refractivity contribution < 1.29 is 9.53 Å². The summed E-state index contributed by atoms with van der Waals surface area (Å²) < 4.78 is 7.82. The van der Waals surface area contributed by atoms with Gasteiger partial charge in [-0.2, -0.15) is 10.1 Å². The minimum atomic E-state index is -0.192. The van der Waals surface area contributed by atoms with Gasteiger partial charge in [0.2, 0.25) is 0 Å². The van der Waals surface area contributed by atoms with Crippen molar-refractivity contribution >= 4 is 40.5 Å². The number of hydrogen-bond donors (Lipinski definition) is 0. The van der Waals surface area contributed by atoms with Crippen molar-refractivity contribution in [2.75, 3.05) is 13.1 Å². The summed E-state index contributed by atoms with van der Waals surface area (Å²) in [4.78, 5) is 20.1. The van der Waals surface area contributed by atoms with Gasteiger partial charge >= 0.3 is 0 Å². The Bertz CT molecular complexity index is 1540. The van der Waals surface area contributed by atoms with E-state index in [1.54, 1.807) is 0 Å². The number of rotatable bonds is 6. The lowest BCUT2D eigenvalue weighted by Gasteiger charge is -2.27. The lowest BCUT2D eigenvalue weighted by atomic mass is 10.1. The zero-order chi connectivity index (χ0) is 26.6.